The molecule has 13 heavy (non-hydrogen) atoms. The Labute approximate surface area is 81.3 Å². The molecule has 0 bridgehead atoms. The van der Waals surface area contributed by atoms with Gasteiger partial charge in [-0.15, -0.1) is 0 Å². The maximum Gasteiger partial charge on any atom is 0.184 e. The molecular weight excluding hydrogens is 178 g/mol. The van der Waals surface area contributed by atoms with Crippen LogP contribution in [0.25, 0.3) is 0 Å². The predicted molar refractivity (Wildman–Crippen MR) is 55.9 cm³/mol. The second-order valence-corrected chi connectivity index (χ2v) is 8.59. The Hall–Kier alpha value is -0.673. The lowest BCUT2D eigenvalue weighted by molar-refractivity contribution is -0.697. The standard InChI is InChI=1S/C10H18NOSi/c1-13(2,3)12-10-9-11-7-5-4-6-8-11/h4-8H,9-10H2,1-3H3/q+1. The summed E-state index contributed by atoms with van der Waals surface area (Å²) in [5.74, 6) is 0. The van der Waals surface area contributed by atoms with Crippen LogP contribution in [-0.4, -0.2) is 14.9 Å². The van der Waals surface area contributed by atoms with E-state index in [-0.39, 0.29) is 0 Å². The Morgan fingerprint density at radius 3 is 2.23 bits per heavy atom. The third-order valence-corrected chi connectivity index (χ3v) is 2.73. The van der Waals surface area contributed by atoms with E-state index < -0.39 is 8.32 Å². The van der Waals surface area contributed by atoms with Crippen molar-refractivity contribution in [2.45, 2.75) is 26.2 Å². The van der Waals surface area contributed by atoms with E-state index in [4.69, 9.17) is 4.43 Å². The zero-order valence-electron chi connectivity index (χ0n) is 8.66. The number of hydrogen-bond donors (Lipinski definition) is 0. The van der Waals surface area contributed by atoms with Crippen LogP contribution in [0.1, 0.15) is 0 Å². The van der Waals surface area contributed by atoms with Gasteiger partial charge in [-0.25, -0.2) is 4.57 Å². The van der Waals surface area contributed by atoms with Gasteiger partial charge in [0.1, 0.15) is 0 Å². The van der Waals surface area contributed by atoms with Crippen molar-refractivity contribution in [1.82, 2.24) is 0 Å². The number of rotatable bonds is 4. The summed E-state index contributed by atoms with van der Waals surface area (Å²) in [6.07, 6.45) is 4.13. The monoisotopic (exact) mass is 196 g/mol. The lowest BCUT2D eigenvalue weighted by Gasteiger charge is -2.15. The Morgan fingerprint density at radius 2 is 1.69 bits per heavy atom. The summed E-state index contributed by atoms with van der Waals surface area (Å²) in [5, 5.41) is 0. The highest BCUT2D eigenvalue weighted by molar-refractivity contribution is 6.69. The van der Waals surface area contributed by atoms with Gasteiger partial charge >= 0.3 is 0 Å². The maximum absolute atomic E-state index is 5.75. The molecule has 72 valence electrons. The molecule has 1 aromatic rings. The van der Waals surface area contributed by atoms with Gasteiger partial charge in [-0.05, 0) is 19.6 Å². The molecule has 0 atom stereocenters. The van der Waals surface area contributed by atoms with Crippen molar-refractivity contribution in [3.63, 3.8) is 0 Å². The van der Waals surface area contributed by atoms with Crippen LogP contribution >= 0.6 is 0 Å². The first kappa shape index (κ1) is 10.4. The van der Waals surface area contributed by atoms with E-state index in [1.165, 1.54) is 0 Å². The first-order valence-corrected chi connectivity index (χ1v) is 8.07. The Balaban J connectivity index is 2.29. The van der Waals surface area contributed by atoms with Crippen LogP contribution in [0.15, 0.2) is 30.6 Å². The van der Waals surface area contributed by atoms with Crippen molar-refractivity contribution >= 4 is 8.32 Å². The fourth-order valence-corrected chi connectivity index (χ4v) is 1.74. The fourth-order valence-electron chi connectivity index (χ4n) is 1.04. The molecule has 0 unspecified atom stereocenters. The molecule has 0 aliphatic heterocycles. The topological polar surface area (TPSA) is 13.1 Å². The highest BCUT2D eigenvalue weighted by Crippen LogP contribution is 2.00. The number of nitrogens with zero attached hydrogens (tertiary/aromatic N) is 1. The number of aromatic nitrogens is 1. The zero-order valence-corrected chi connectivity index (χ0v) is 9.66. The number of hydrogen-bond acceptors (Lipinski definition) is 1. The molecule has 0 aromatic carbocycles. The SMILES string of the molecule is C[Si](C)(C)OCC[n+]1ccccc1. The minimum absolute atomic E-state index is 0.824. The first-order chi connectivity index (χ1) is 6.08. The van der Waals surface area contributed by atoms with Gasteiger partial charge < -0.3 is 4.43 Å². The fraction of sp³-hybridized carbons (Fsp3) is 0.500. The Bertz CT molecular complexity index is 243. The van der Waals surface area contributed by atoms with Gasteiger partial charge in [0.25, 0.3) is 0 Å². The summed E-state index contributed by atoms with van der Waals surface area (Å²) in [7, 11) is -1.32. The molecule has 3 heteroatoms. The van der Waals surface area contributed by atoms with Gasteiger partial charge in [0.2, 0.25) is 0 Å². The van der Waals surface area contributed by atoms with Crippen LogP contribution in [0.2, 0.25) is 19.6 Å². The quantitative estimate of drug-likeness (QED) is 0.529. The van der Waals surface area contributed by atoms with Crippen molar-refractivity contribution in [2.75, 3.05) is 6.61 Å². The molecule has 0 aliphatic carbocycles. The van der Waals surface area contributed by atoms with Gasteiger partial charge in [0, 0.05) is 12.1 Å². The van der Waals surface area contributed by atoms with E-state index in [2.05, 4.69) is 36.6 Å². The normalized spacial score (nSPS) is 11.6. The zero-order chi connectivity index (χ0) is 9.73. The Morgan fingerprint density at radius 1 is 1.08 bits per heavy atom. The molecule has 1 rings (SSSR count). The van der Waals surface area contributed by atoms with Crippen molar-refractivity contribution in [3.8, 4) is 0 Å². The highest BCUT2D eigenvalue weighted by atomic mass is 28.4. The van der Waals surface area contributed by atoms with E-state index in [9.17, 15) is 0 Å². The Kier molecular flexibility index (Phi) is 3.63. The molecule has 0 spiro atoms. The first-order valence-electron chi connectivity index (χ1n) is 4.66. The molecule has 0 amide bonds. The van der Waals surface area contributed by atoms with Crippen molar-refractivity contribution in [2.24, 2.45) is 0 Å². The lowest BCUT2D eigenvalue weighted by atomic mass is 10.5. The summed E-state index contributed by atoms with van der Waals surface area (Å²) in [6, 6.07) is 6.10. The highest BCUT2D eigenvalue weighted by Gasteiger charge is 2.14. The molecule has 0 N–H and O–H groups in total. The van der Waals surface area contributed by atoms with E-state index >= 15 is 0 Å². The summed E-state index contributed by atoms with van der Waals surface area (Å²) in [6.45, 7) is 8.41. The van der Waals surface area contributed by atoms with Gasteiger partial charge in [0.15, 0.2) is 27.3 Å². The van der Waals surface area contributed by atoms with E-state index in [0.29, 0.717) is 0 Å². The molecule has 0 fully saturated rings. The van der Waals surface area contributed by atoms with E-state index in [1.807, 2.05) is 18.2 Å². The molecular formula is C10H18NOSi+. The van der Waals surface area contributed by atoms with Crippen LogP contribution in [0.3, 0.4) is 0 Å². The minimum atomic E-state index is -1.32. The molecule has 2 nitrogen and oxygen atoms in total. The van der Waals surface area contributed by atoms with Gasteiger partial charge in [0.05, 0.1) is 6.61 Å². The molecule has 0 aliphatic rings. The second-order valence-electron chi connectivity index (χ2n) is 4.07. The molecule has 0 saturated carbocycles. The van der Waals surface area contributed by atoms with Gasteiger partial charge in [-0.2, -0.15) is 0 Å². The average molecular weight is 196 g/mol. The van der Waals surface area contributed by atoms with Crippen molar-refractivity contribution in [3.05, 3.63) is 30.6 Å². The van der Waals surface area contributed by atoms with Crippen LogP contribution in [0, 0.1) is 0 Å². The second kappa shape index (κ2) is 4.53. The summed E-state index contributed by atoms with van der Waals surface area (Å²) >= 11 is 0. The van der Waals surface area contributed by atoms with Gasteiger partial charge in [-0.1, -0.05) is 6.07 Å². The lowest BCUT2D eigenvalue weighted by Crippen LogP contribution is -2.37. The number of pyridine rings is 1. The van der Waals surface area contributed by atoms with E-state index in [0.717, 1.165) is 13.2 Å². The summed E-state index contributed by atoms with van der Waals surface area (Å²) in [4.78, 5) is 0. The smallest absolute Gasteiger partial charge is 0.184 e. The van der Waals surface area contributed by atoms with Gasteiger partial charge in [-0.3, -0.25) is 0 Å². The van der Waals surface area contributed by atoms with Crippen molar-refractivity contribution in [1.29, 1.82) is 0 Å². The molecule has 0 saturated heterocycles. The van der Waals surface area contributed by atoms with Crippen LogP contribution in [-0.2, 0) is 11.0 Å². The predicted octanol–water partition coefficient (Wildman–Crippen LogP) is 1.83. The third kappa shape index (κ3) is 4.80. The largest absolute Gasteiger partial charge is 0.411 e. The van der Waals surface area contributed by atoms with Crippen LogP contribution < -0.4 is 4.57 Å². The van der Waals surface area contributed by atoms with Crippen molar-refractivity contribution < 1.29 is 8.99 Å². The summed E-state index contributed by atoms with van der Waals surface area (Å²) in [5.41, 5.74) is 0. The molecule has 1 heterocycles. The van der Waals surface area contributed by atoms with Crippen LogP contribution in [0.5, 0.6) is 0 Å². The maximum atomic E-state index is 5.75. The minimum Gasteiger partial charge on any atom is -0.411 e. The third-order valence-electron chi connectivity index (χ3n) is 1.66. The summed E-state index contributed by atoms with van der Waals surface area (Å²) < 4.78 is 7.89. The molecule has 1 aromatic heterocycles. The van der Waals surface area contributed by atoms with Crippen LogP contribution in [0.4, 0.5) is 0 Å². The average Bonchev–Trinajstić information content (AvgIpc) is 2.04. The molecule has 0 radical (unpaired) electrons. The van der Waals surface area contributed by atoms with E-state index in [1.54, 1.807) is 0 Å².